The Morgan fingerprint density at radius 3 is 2.00 bits per heavy atom. The number of ether oxygens (including phenoxy) is 1. The smallest absolute Gasteiger partial charge is 0.119 e. The minimum atomic E-state index is -0.469. The van der Waals surface area contributed by atoms with E-state index in [1.807, 2.05) is 12.1 Å². The van der Waals surface area contributed by atoms with E-state index in [1.165, 1.54) is 11.1 Å². The van der Waals surface area contributed by atoms with Gasteiger partial charge < -0.3 is 34.7 Å². The molecule has 1 aliphatic rings. The zero-order valence-corrected chi connectivity index (χ0v) is 19.7. The fraction of sp³-hybridized carbons (Fsp3) is 0.500. The molecule has 0 radical (unpaired) electrons. The molecule has 3 rings (SSSR count). The molecule has 30 heavy (non-hydrogen) atoms. The zero-order chi connectivity index (χ0) is 20.0. The number of rotatable bonds is 7. The van der Waals surface area contributed by atoms with Crippen LogP contribution >= 0.6 is 0 Å². The first-order chi connectivity index (χ1) is 13.4. The highest BCUT2D eigenvalue weighted by molar-refractivity contribution is 5.31. The van der Waals surface area contributed by atoms with Crippen molar-refractivity contribution in [3.05, 3.63) is 65.7 Å². The van der Waals surface area contributed by atoms with Crippen LogP contribution in [0.4, 0.5) is 0 Å². The van der Waals surface area contributed by atoms with E-state index in [2.05, 4.69) is 73.0 Å². The van der Waals surface area contributed by atoms with Crippen molar-refractivity contribution in [3.8, 4) is 5.75 Å². The van der Waals surface area contributed by atoms with Crippen LogP contribution in [0.1, 0.15) is 31.9 Å². The number of piperazine rings is 1. The van der Waals surface area contributed by atoms with Crippen LogP contribution in [0.3, 0.4) is 0 Å². The van der Waals surface area contributed by atoms with Crippen LogP contribution in [0.5, 0.6) is 5.75 Å². The molecule has 0 saturated carbocycles. The van der Waals surface area contributed by atoms with Gasteiger partial charge in [-0.3, -0.25) is 9.80 Å². The molecule has 1 N–H and O–H groups in total. The van der Waals surface area contributed by atoms with Crippen molar-refractivity contribution < 1.29 is 34.7 Å². The van der Waals surface area contributed by atoms with E-state index in [9.17, 15) is 5.11 Å². The fourth-order valence-corrected chi connectivity index (χ4v) is 3.57. The summed E-state index contributed by atoms with van der Waals surface area (Å²) in [7, 11) is 0. The molecule has 0 spiro atoms. The van der Waals surface area contributed by atoms with E-state index in [4.69, 9.17) is 4.74 Å². The molecule has 1 aliphatic heterocycles. The van der Waals surface area contributed by atoms with Crippen molar-refractivity contribution in [1.82, 2.24) is 9.80 Å². The summed E-state index contributed by atoms with van der Waals surface area (Å²) >= 11 is 0. The molecule has 0 aromatic heterocycles. The fourth-order valence-electron chi connectivity index (χ4n) is 3.57. The second-order valence-electron chi connectivity index (χ2n) is 8.80. The molecule has 0 aliphatic carbocycles. The average molecular weight is 453 g/mol. The molecule has 4 nitrogen and oxygen atoms in total. The molecule has 1 unspecified atom stereocenters. The summed E-state index contributed by atoms with van der Waals surface area (Å²) in [6.07, 6.45) is -0.469. The Kier molecular flexibility index (Phi) is 11.2. The predicted octanol–water partition coefficient (Wildman–Crippen LogP) is -2.45. The largest absolute Gasteiger partial charge is 1.00 e. The Balaban J connectivity index is 0.00000225. The topological polar surface area (TPSA) is 35.9 Å². The molecule has 1 fully saturated rings. The van der Waals surface area contributed by atoms with Gasteiger partial charge in [0.2, 0.25) is 0 Å². The Hall–Kier alpha value is -1.30. The van der Waals surface area contributed by atoms with E-state index in [0.717, 1.165) is 38.5 Å². The molecule has 1 heterocycles. The Morgan fingerprint density at radius 2 is 1.43 bits per heavy atom. The molecular weight excluding hydrogens is 419 g/mol. The van der Waals surface area contributed by atoms with Crippen molar-refractivity contribution in [2.75, 3.05) is 39.3 Å². The molecule has 1 atom stereocenters. The van der Waals surface area contributed by atoms with Gasteiger partial charge in [0, 0.05) is 39.3 Å². The van der Waals surface area contributed by atoms with Crippen LogP contribution in [0.15, 0.2) is 54.6 Å². The van der Waals surface area contributed by atoms with Gasteiger partial charge in [0.15, 0.2) is 0 Å². The van der Waals surface area contributed by atoms with E-state index in [0.29, 0.717) is 13.2 Å². The number of aliphatic hydroxyl groups excluding tert-OH is 1. The molecule has 1 saturated heterocycles. The van der Waals surface area contributed by atoms with E-state index < -0.39 is 6.10 Å². The van der Waals surface area contributed by atoms with Gasteiger partial charge in [-0.05, 0) is 28.7 Å². The summed E-state index contributed by atoms with van der Waals surface area (Å²) in [6.45, 7) is 12.7. The second kappa shape index (κ2) is 12.5. The van der Waals surface area contributed by atoms with Crippen LogP contribution in [-0.4, -0.2) is 60.3 Å². The average Bonchev–Trinajstić information content (AvgIpc) is 2.68. The van der Waals surface area contributed by atoms with E-state index in [-0.39, 0.29) is 30.2 Å². The summed E-state index contributed by atoms with van der Waals surface area (Å²) in [4.78, 5) is 4.81. The summed E-state index contributed by atoms with van der Waals surface area (Å²) < 4.78 is 5.79. The highest BCUT2D eigenvalue weighted by Crippen LogP contribution is 2.24. The number of hydrogen-bond acceptors (Lipinski definition) is 4. The van der Waals surface area contributed by atoms with Crippen LogP contribution < -0.4 is 29.6 Å². The lowest BCUT2D eigenvalue weighted by Crippen LogP contribution is -3.00. The van der Waals surface area contributed by atoms with Crippen LogP contribution in [0.25, 0.3) is 0 Å². The van der Waals surface area contributed by atoms with Gasteiger partial charge >= 0.3 is 0 Å². The highest BCUT2D eigenvalue weighted by Gasteiger charge is 2.20. The lowest BCUT2D eigenvalue weighted by Gasteiger charge is -2.35. The third-order valence-electron chi connectivity index (χ3n) is 5.35. The molecule has 2 aromatic rings. The summed E-state index contributed by atoms with van der Waals surface area (Å²) in [5.41, 5.74) is 2.79. The second-order valence-corrected chi connectivity index (χ2v) is 8.80. The number of benzene rings is 2. The van der Waals surface area contributed by atoms with Gasteiger partial charge in [-0.25, -0.2) is 0 Å². The van der Waals surface area contributed by atoms with Gasteiger partial charge in [-0.1, -0.05) is 63.2 Å². The number of nitrogens with zero attached hydrogens (tertiary/aromatic N) is 2. The first-order valence-electron chi connectivity index (χ1n) is 10.3. The maximum atomic E-state index is 10.4. The number of β-amino-alcohol motifs (C(OH)–C–C–N with tert-alkyl or cyclic N) is 1. The standard InChI is InChI=1S/C24H34N2O2.2ClH/c1-24(2,3)21-9-11-23(12-10-21)28-19-22(27)18-26-15-13-25(14-16-26)17-20-7-5-4-6-8-20;;/h4-12,22,27H,13-19H2,1-3H3;2*1H/p-2. The minimum Gasteiger partial charge on any atom is -1.00 e. The van der Waals surface area contributed by atoms with Crippen molar-refractivity contribution >= 4 is 0 Å². The summed E-state index contributed by atoms with van der Waals surface area (Å²) in [6, 6.07) is 18.8. The number of hydrogen-bond donors (Lipinski definition) is 1. The Labute approximate surface area is 194 Å². The van der Waals surface area contributed by atoms with Gasteiger partial charge in [0.1, 0.15) is 18.5 Å². The number of aliphatic hydroxyl groups is 1. The molecule has 0 amide bonds. The maximum Gasteiger partial charge on any atom is 0.119 e. The first kappa shape index (κ1) is 26.7. The van der Waals surface area contributed by atoms with Crippen LogP contribution in [0, 0.1) is 0 Å². The lowest BCUT2D eigenvalue weighted by molar-refractivity contribution is -0.001000. The normalized spacial score (nSPS) is 16.3. The van der Waals surface area contributed by atoms with Crippen molar-refractivity contribution in [3.63, 3.8) is 0 Å². The molecule has 0 bridgehead atoms. The quantitative estimate of drug-likeness (QED) is 0.505. The molecular formula is C24H34Cl2N2O2-2. The van der Waals surface area contributed by atoms with Gasteiger partial charge in [0.05, 0.1) is 0 Å². The first-order valence-corrected chi connectivity index (χ1v) is 10.3. The third-order valence-corrected chi connectivity index (χ3v) is 5.35. The lowest BCUT2D eigenvalue weighted by atomic mass is 9.87. The van der Waals surface area contributed by atoms with E-state index >= 15 is 0 Å². The monoisotopic (exact) mass is 452 g/mol. The van der Waals surface area contributed by atoms with Crippen LogP contribution in [0.2, 0.25) is 0 Å². The highest BCUT2D eigenvalue weighted by atomic mass is 35.5. The van der Waals surface area contributed by atoms with Crippen LogP contribution in [-0.2, 0) is 12.0 Å². The van der Waals surface area contributed by atoms with Gasteiger partial charge in [-0.15, -0.1) is 0 Å². The molecule has 2 aromatic carbocycles. The van der Waals surface area contributed by atoms with E-state index in [1.54, 1.807) is 0 Å². The van der Waals surface area contributed by atoms with Gasteiger partial charge in [-0.2, -0.15) is 0 Å². The third kappa shape index (κ3) is 8.44. The van der Waals surface area contributed by atoms with Crippen molar-refractivity contribution in [1.29, 1.82) is 0 Å². The predicted molar refractivity (Wildman–Crippen MR) is 115 cm³/mol. The van der Waals surface area contributed by atoms with Crippen molar-refractivity contribution in [2.24, 2.45) is 0 Å². The SMILES string of the molecule is CC(C)(C)c1ccc(OCC(O)CN2CCN(Cc3ccccc3)CC2)cc1.[Cl-].[Cl-]. The Morgan fingerprint density at radius 1 is 0.867 bits per heavy atom. The minimum absolute atomic E-state index is 0. The summed E-state index contributed by atoms with van der Waals surface area (Å²) in [5, 5.41) is 10.4. The van der Waals surface area contributed by atoms with Crippen molar-refractivity contribution in [2.45, 2.75) is 38.8 Å². The zero-order valence-electron chi connectivity index (χ0n) is 18.2. The molecule has 168 valence electrons. The maximum absolute atomic E-state index is 10.4. The Bertz CT molecular complexity index is 712. The molecule has 6 heteroatoms. The van der Waals surface area contributed by atoms with Gasteiger partial charge in [0.25, 0.3) is 0 Å². The number of halogens is 2. The summed E-state index contributed by atoms with van der Waals surface area (Å²) in [5.74, 6) is 0.819.